The van der Waals surface area contributed by atoms with Crippen molar-refractivity contribution < 1.29 is 48.7 Å². The van der Waals surface area contributed by atoms with Crippen LogP contribution in [0.2, 0.25) is 0 Å². The first-order valence-corrected chi connectivity index (χ1v) is 13.5. The first-order valence-electron chi connectivity index (χ1n) is 13.5. The third-order valence-electron chi connectivity index (χ3n) is 9.16. The Morgan fingerprint density at radius 2 is 0.902 bits per heavy atom. The number of hydrogen-bond acceptors (Lipinski definition) is 10. The highest BCUT2D eigenvalue weighted by molar-refractivity contribution is 6.23. The van der Waals surface area contributed by atoms with E-state index < -0.39 is 72.5 Å². The summed E-state index contributed by atoms with van der Waals surface area (Å²) in [5, 5.41) is 29.8. The Morgan fingerprint density at radius 3 is 1.29 bits per heavy atom. The summed E-state index contributed by atoms with van der Waals surface area (Å²) in [7, 11) is 1.48. The van der Waals surface area contributed by atoms with Crippen LogP contribution >= 0.6 is 0 Å². The van der Waals surface area contributed by atoms with Gasteiger partial charge in [-0.2, -0.15) is 0 Å². The average Bonchev–Trinajstić information content (AvgIpc) is 3.79. The summed E-state index contributed by atoms with van der Waals surface area (Å²) in [6.45, 7) is 0. The second kappa shape index (κ2) is 9.51. The highest BCUT2D eigenvalue weighted by Crippen LogP contribution is 2.51. The lowest BCUT2D eigenvalue weighted by Gasteiger charge is -2.27. The SMILES string of the molecule is COC1C(O)C2OC1C1C(=O)N(c3ccccc3)C(=O)C21.O=C1C2C3OC(C(O)C3O)C2C(=O)N1c1ccccc1. The molecule has 6 aliphatic heterocycles. The van der Waals surface area contributed by atoms with Gasteiger partial charge in [-0.05, 0) is 24.3 Å². The first kappa shape index (κ1) is 26.4. The Kier molecular flexibility index (Phi) is 6.12. The van der Waals surface area contributed by atoms with Gasteiger partial charge in [0.2, 0.25) is 23.6 Å². The van der Waals surface area contributed by atoms with E-state index in [2.05, 4.69) is 0 Å². The van der Waals surface area contributed by atoms with E-state index in [-0.39, 0.29) is 23.6 Å². The molecule has 2 aromatic carbocycles. The maximum atomic E-state index is 12.6. The fraction of sp³-hybridized carbons (Fsp3) is 0.448. The number of carbonyl (C=O) groups is 4. The number of aliphatic hydroxyl groups is 3. The fourth-order valence-corrected chi connectivity index (χ4v) is 7.38. The van der Waals surface area contributed by atoms with Gasteiger partial charge in [0.05, 0.1) is 59.5 Å². The molecule has 0 aromatic heterocycles. The zero-order valence-corrected chi connectivity index (χ0v) is 21.8. The molecule has 4 amide bonds. The van der Waals surface area contributed by atoms with Crippen molar-refractivity contribution in [3.8, 4) is 0 Å². The van der Waals surface area contributed by atoms with Gasteiger partial charge in [0.15, 0.2) is 0 Å². The third-order valence-corrected chi connectivity index (χ3v) is 9.16. The van der Waals surface area contributed by atoms with Crippen LogP contribution in [0.3, 0.4) is 0 Å². The van der Waals surface area contributed by atoms with Crippen molar-refractivity contribution in [3.63, 3.8) is 0 Å². The van der Waals surface area contributed by atoms with Crippen molar-refractivity contribution in [2.24, 2.45) is 23.7 Å². The minimum Gasteiger partial charge on any atom is -0.388 e. The highest BCUT2D eigenvalue weighted by atomic mass is 16.6. The minimum atomic E-state index is -1.10. The van der Waals surface area contributed by atoms with Gasteiger partial charge in [0, 0.05) is 7.11 Å². The maximum absolute atomic E-state index is 12.6. The standard InChI is InChI=1S/C15H15NO5.C14H13NO5/c1-20-13-10(17)11-8-9(12(13)21-11)15(19)16(14(8)18)7-5-3-2-4-6-7;16-9-10(17)12-8-7(11(9)20-12)13(18)15(14(8)19)6-4-2-1-3-5-6/h2-6,8-13,17H,1H3;1-5,7-12,16-17H. The molecule has 41 heavy (non-hydrogen) atoms. The molecule has 6 saturated heterocycles. The van der Waals surface area contributed by atoms with E-state index in [4.69, 9.17) is 14.2 Å². The van der Waals surface area contributed by atoms with Crippen LogP contribution in [0.25, 0.3) is 0 Å². The molecule has 0 saturated carbocycles. The molecule has 0 spiro atoms. The van der Waals surface area contributed by atoms with Gasteiger partial charge in [0.1, 0.15) is 24.4 Å². The number of hydrogen-bond donors (Lipinski definition) is 3. The number of carbonyl (C=O) groups excluding carboxylic acids is 4. The summed E-state index contributed by atoms with van der Waals surface area (Å²) < 4.78 is 16.3. The number of fused-ring (bicyclic) bond motifs is 10. The number of benzene rings is 2. The quantitative estimate of drug-likeness (QED) is 0.404. The van der Waals surface area contributed by atoms with Crippen molar-refractivity contribution in [1.82, 2.24) is 0 Å². The summed E-state index contributed by atoms with van der Waals surface area (Å²) in [4.78, 5) is 52.5. The summed E-state index contributed by atoms with van der Waals surface area (Å²) in [6.07, 6.45) is -6.41. The van der Waals surface area contributed by atoms with Crippen molar-refractivity contribution in [1.29, 1.82) is 0 Å². The molecule has 2 aromatic rings. The van der Waals surface area contributed by atoms with Crippen LogP contribution in [0.5, 0.6) is 0 Å². The number of ether oxygens (including phenoxy) is 3. The molecule has 12 unspecified atom stereocenters. The molecular weight excluding hydrogens is 536 g/mol. The number of methoxy groups -OCH3 is 1. The Hall–Kier alpha value is -3.52. The highest BCUT2D eigenvalue weighted by Gasteiger charge is 2.70. The second-order valence-electron chi connectivity index (χ2n) is 11.1. The normalized spacial score (nSPS) is 41.7. The summed E-state index contributed by atoms with van der Waals surface area (Å²) >= 11 is 0. The van der Waals surface area contributed by atoms with Gasteiger partial charge in [0.25, 0.3) is 0 Å². The number of anilines is 2. The Balaban J connectivity index is 0.000000135. The fourth-order valence-electron chi connectivity index (χ4n) is 7.38. The van der Waals surface area contributed by atoms with Gasteiger partial charge < -0.3 is 29.5 Å². The van der Waals surface area contributed by atoms with E-state index in [1.807, 2.05) is 6.07 Å². The number of nitrogens with zero attached hydrogens (tertiary/aromatic N) is 2. The molecule has 6 fully saturated rings. The molecule has 4 bridgehead atoms. The predicted molar refractivity (Wildman–Crippen MR) is 138 cm³/mol. The van der Waals surface area contributed by atoms with Gasteiger partial charge in [-0.15, -0.1) is 0 Å². The van der Waals surface area contributed by atoms with Gasteiger partial charge >= 0.3 is 0 Å². The summed E-state index contributed by atoms with van der Waals surface area (Å²) in [5.41, 5.74) is 1.07. The van der Waals surface area contributed by atoms with Gasteiger partial charge in [-0.25, -0.2) is 9.80 Å². The predicted octanol–water partition coefficient (Wildman–Crippen LogP) is -0.756. The molecule has 12 atom stereocenters. The van der Waals surface area contributed by atoms with E-state index in [9.17, 15) is 34.5 Å². The molecule has 8 rings (SSSR count). The van der Waals surface area contributed by atoms with Gasteiger partial charge in [-0.1, -0.05) is 36.4 Å². The van der Waals surface area contributed by atoms with Crippen LogP contribution in [-0.4, -0.2) is 94.9 Å². The number of para-hydroxylation sites is 2. The molecule has 12 heteroatoms. The largest absolute Gasteiger partial charge is 0.388 e. The molecule has 0 radical (unpaired) electrons. The molecule has 12 nitrogen and oxygen atoms in total. The van der Waals surface area contributed by atoms with E-state index in [0.717, 1.165) is 4.90 Å². The number of imide groups is 2. The molecule has 6 heterocycles. The minimum absolute atomic E-state index is 0.266. The number of aliphatic hydroxyl groups excluding tert-OH is 3. The van der Waals surface area contributed by atoms with Crippen LogP contribution < -0.4 is 9.80 Å². The Morgan fingerprint density at radius 1 is 0.561 bits per heavy atom. The third kappa shape index (κ3) is 3.55. The van der Waals surface area contributed by atoms with E-state index in [1.165, 1.54) is 12.0 Å². The van der Waals surface area contributed by atoms with E-state index >= 15 is 0 Å². The summed E-state index contributed by atoms with van der Waals surface area (Å²) in [5.74, 6) is -3.82. The van der Waals surface area contributed by atoms with Crippen LogP contribution in [0.4, 0.5) is 11.4 Å². The van der Waals surface area contributed by atoms with Crippen LogP contribution in [0.1, 0.15) is 0 Å². The Bertz CT molecular complexity index is 1370. The molecule has 6 aliphatic rings. The second-order valence-corrected chi connectivity index (χ2v) is 11.1. The van der Waals surface area contributed by atoms with Crippen molar-refractivity contribution >= 4 is 35.0 Å². The summed E-state index contributed by atoms with van der Waals surface area (Å²) in [6, 6.07) is 17.5. The zero-order chi connectivity index (χ0) is 28.7. The van der Waals surface area contributed by atoms with Crippen LogP contribution in [0, 0.1) is 23.7 Å². The first-order chi connectivity index (χ1) is 19.8. The monoisotopic (exact) mass is 564 g/mol. The molecular formula is C29H28N2O10. The van der Waals surface area contributed by atoms with Crippen molar-refractivity contribution in [3.05, 3.63) is 60.7 Å². The van der Waals surface area contributed by atoms with E-state index in [1.54, 1.807) is 54.6 Å². The smallest absolute Gasteiger partial charge is 0.240 e. The topological polar surface area (TPSA) is 163 Å². The lowest BCUT2D eigenvalue weighted by molar-refractivity contribution is -0.127. The molecule has 0 aliphatic carbocycles. The average molecular weight is 565 g/mol. The zero-order valence-electron chi connectivity index (χ0n) is 21.8. The van der Waals surface area contributed by atoms with Gasteiger partial charge in [-0.3, -0.25) is 19.2 Å². The number of rotatable bonds is 3. The Labute approximate surface area is 234 Å². The van der Waals surface area contributed by atoms with Crippen molar-refractivity contribution in [2.75, 3.05) is 16.9 Å². The lowest BCUT2D eigenvalue weighted by atomic mass is 9.78. The van der Waals surface area contributed by atoms with Crippen LogP contribution in [-0.2, 0) is 33.4 Å². The molecule has 3 N–H and O–H groups in total. The lowest BCUT2D eigenvalue weighted by Crippen LogP contribution is -2.48. The van der Waals surface area contributed by atoms with Crippen LogP contribution in [0.15, 0.2) is 60.7 Å². The number of amides is 4. The van der Waals surface area contributed by atoms with E-state index in [0.29, 0.717) is 11.4 Å². The maximum Gasteiger partial charge on any atom is 0.240 e. The molecule has 214 valence electrons. The van der Waals surface area contributed by atoms with Crippen molar-refractivity contribution in [2.45, 2.75) is 48.8 Å².